The number of aryl methyl sites for hydroxylation is 1. The Morgan fingerprint density at radius 3 is 2.67 bits per heavy atom. The summed E-state index contributed by atoms with van der Waals surface area (Å²) < 4.78 is 32.1. The van der Waals surface area contributed by atoms with Crippen LogP contribution in [-0.2, 0) is 21.3 Å². The maximum Gasteiger partial charge on any atom is 0.244 e. The molecule has 0 radical (unpaired) electrons. The number of hydrogen-bond donors (Lipinski definition) is 1. The van der Waals surface area contributed by atoms with Crippen LogP contribution in [0.5, 0.6) is 0 Å². The molecule has 5 nitrogen and oxygen atoms in total. The first-order valence-electron chi connectivity index (χ1n) is 7.15. The molecule has 1 N–H and O–H groups in total. The molecule has 0 aliphatic rings. The van der Waals surface area contributed by atoms with Crippen molar-refractivity contribution in [3.63, 3.8) is 0 Å². The molecule has 0 unspecified atom stereocenters. The predicted molar refractivity (Wildman–Crippen MR) is 87.3 cm³/mol. The van der Waals surface area contributed by atoms with E-state index in [9.17, 15) is 8.42 Å². The molecule has 1 aromatic rings. The van der Waals surface area contributed by atoms with E-state index in [0.717, 1.165) is 10.4 Å². The van der Waals surface area contributed by atoms with E-state index >= 15 is 0 Å². The van der Waals surface area contributed by atoms with Gasteiger partial charge in [-0.05, 0) is 24.8 Å². The van der Waals surface area contributed by atoms with Crippen molar-refractivity contribution in [2.75, 3.05) is 26.8 Å². The van der Waals surface area contributed by atoms with Gasteiger partial charge in [-0.2, -0.15) is 4.31 Å². The molecule has 0 aliphatic carbocycles. The lowest BCUT2D eigenvalue weighted by Crippen LogP contribution is -2.31. The second-order valence-corrected chi connectivity index (χ2v) is 8.18. The smallest absolute Gasteiger partial charge is 0.244 e. The molecule has 0 atom stereocenters. The zero-order chi connectivity index (χ0) is 16.0. The van der Waals surface area contributed by atoms with Gasteiger partial charge < -0.3 is 10.1 Å². The first-order chi connectivity index (χ1) is 9.80. The molecule has 21 heavy (non-hydrogen) atoms. The Labute approximate surface area is 132 Å². The lowest BCUT2D eigenvalue weighted by atomic mass is 10.3. The highest BCUT2D eigenvalue weighted by atomic mass is 32.2. The Balaban J connectivity index is 2.93. The lowest BCUT2D eigenvalue weighted by molar-refractivity contribution is 0.138. The first-order valence-corrected chi connectivity index (χ1v) is 9.47. The van der Waals surface area contributed by atoms with Gasteiger partial charge in [0.25, 0.3) is 0 Å². The van der Waals surface area contributed by atoms with Gasteiger partial charge in [0.2, 0.25) is 10.0 Å². The zero-order valence-corrected chi connectivity index (χ0v) is 15.1. The van der Waals surface area contributed by atoms with Crippen molar-refractivity contribution in [3.05, 3.63) is 15.8 Å². The number of hydrogen-bond acceptors (Lipinski definition) is 5. The van der Waals surface area contributed by atoms with E-state index < -0.39 is 10.0 Å². The van der Waals surface area contributed by atoms with Crippen molar-refractivity contribution in [1.82, 2.24) is 9.62 Å². The number of thiophene rings is 1. The summed E-state index contributed by atoms with van der Waals surface area (Å²) in [5.41, 5.74) is 0.809. The fourth-order valence-electron chi connectivity index (χ4n) is 1.87. The van der Waals surface area contributed by atoms with E-state index in [1.807, 2.05) is 33.1 Å². The fourth-order valence-corrected chi connectivity index (χ4v) is 4.72. The fraction of sp³-hybridized carbons (Fsp3) is 0.714. The topological polar surface area (TPSA) is 58.6 Å². The highest BCUT2D eigenvalue weighted by molar-refractivity contribution is 7.89. The molecule has 0 aromatic carbocycles. The maximum atomic E-state index is 12.7. The number of rotatable bonds is 9. The quantitative estimate of drug-likeness (QED) is 0.704. The molecular formula is C14H26N2O3S2. The van der Waals surface area contributed by atoms with E-state index in [2.05, 4.69) is 5.32 Å². The van der Waals surface area contributed by atoms with Crippen molar-refractivity contribution >= 4 is 21.4 Å². The predicted octanol–water partition coefficient (Wildman–Crippen LogP) is 2.21. The van der Waals surface area contributed by atoms with Gasteiger partial charge >= 0.3 is 0 Å². The summed E-state index contributed by atoms with van der Waals surface area (Å²) in [5, 5.41) is 5.18. The van der Waals surface area contributed by atoms with Gasteiger partial charge in [0.15, 0.2) is 0 Å². The van der Waals surface area contributed by atoms with E-state index in [1.165, 1.54) is 15.6 Å². The molecule has 1 aromatic heterocycles. The number of sulfonamides is 1. The van der Waals surface area contributed by atoms with Gasteiger partial charge in [0.05, 0.1) is 6.61 Å². The van der Waals surface area contributed by atoms with Gasteiger partial charge in [-0.25, -0.2) is 8.42 Å². The van der Waals surface area contributed by atoms with Crippen molar-refractivity contribution in [2.24, 2.45) is 0 Å². The summed E-state index contributed by atoms with van der Waals surface area (Å²) >= 11 is 1.49. The third-order valence-corrected chi connectivity index (χ3v) is 6.40. The highest BCUT2D eigenvalue weighted by Gasteiger charge is 2.27. The van der Waals surface area contributed by atoms with Crippen LogP contribution in [-0.4, -0.2) is 45.6 Å². The van der Waals surface area contributed by atoms with Crippen LogP contribution in [0.3, 0.4) is 0 Å². The second kappa shape index (κ2) is 8.24. The molecule has 122 valence electrons. The minimum Gasteiger partial charge on any atom is -0.380 e. The van der Waals surface area contributed by atoms with Gasteiger partial charge in [0, 0.05) is 37.7 Å². The average molecular weight is 335 g/mol. The molecule has 0 aliphatic heterocycles. The third kappa shape index (κ3) is 5.03. The largest absolute Gasteiger partial charge is 0.380 e. The van der Waals surface area contributed by atoms with Crippen LogP contribution in [0.2, 0.25) is 0 Å². The van der Waals surface area contributed by atoms with Crippen LogP contribution in [0, 0.1) is 6.92 Å². The lowest BCUT2D eigenvalue weighted by Gasteiger charge is -2.18. The van der Waals surface area contributed by atoms with Crippen molar-refractivity contribution < 1.29 is 13.2 Å². The van der Waals surface area contributed by atoms with Crippen LogP contribution >= 0.6 is 11.3 Å². The molecule has 0 saturated heterocycles. The Morgan fingerprint density at radius 2 is 2.10 bits per heavy atom. The van der Waals surface area contributed by atoms with Crippen molar-refractivity contribution in [1.29, 1.82) is 0 Å². The summed E-state index contributed by atoms with van der Waals surface area (Å²) in [6, 6.07) is 0.318. The number of ether oxygens (including phenoxy) is 1. The highest BCUT2D eigenvalue weighted by Crippen LogP contribution is 2.29. The van der Waals surface area contributed by atoms with Crippen LogP contribution in [0.4, 0.5) is 0 Å². The number of nitrogens with one attached hydrogen (secondary N) is 1. The molecule has 1 heterocycles. The molecule has 0 saturated carbocycles. The summed E-state index contributed by atoms with van der Waals surface area (Å²) in [6.07, 6.45) is 0. The minimum absolute atomic E-state index is 0.318. The molecule has 1 rings (SSSR count). The van der Waals surface area contributed by atoms with Crippen LogP contribution in [0.25, 0.3) is 0 Å². The second-order valence-electron chi connectivity index (χ2n) is 5.23. The summed E-state index contributed by atoms with van der Waals surface area (Å²) in [5.74, 6) is 0. The van der Waals surface area contributed by atoms with Crippen LogP contribution in [0.15, 0.2) is 10.3 Å². The molecule has 0 spiro atoms. The SMILES string of the molecule is CCOCCN(C)S(=O)(=O)c1c(C)csc1CNC(C)C. The number of nitrogens with zero attached hydrogens (tertiary/aromatic N) is 1. The van der Waals surface area contributed by atoms with E-state index in [4.69, 9.17) is 4.74 Å². The molecule has 0 bridgehead atoms. The molecule has 0 fully saturated rings. The van der Waals surface area contributed by atoms with Gasteiger partial charge in [-0.1, -0.05) is 13.8 Å². The van der Waals surface area contributed by atoms with Gasteiger partial charge in [-0.15, -0.1) is 11.3 Å². The van der Waals surface area contributed by atoms with E-state index in [1.54, 1.807) is 7.05 Å². The Morgan fingerprint density at radius 1 is 1.43 bits per heavy atom. The Hall–Kier alpha value is -0.470. The normalized spacial score (nSPS) is 12.5. The third-order valence-electron chi connectivity index (χ3n) is 3.08. The molecular weight excluding hydrogens is 308 g/mol. The summed E-state index contributed by atoms with van der Waals surface area (Å²) in [4.78, 5) is 1.31. The van der Waals surface area contributed by atoms with E-state index in [-0.39, 0.29) is 0 Å². The molecule has 7 heteroatoms. The van der Waals surface area contributed by atoms with Crippen molar-refractivity contribution in [3.8, 4) is 0 Å². The Kier molecular flexibility index (Phi) is 7.29. The average Bonchev–Trinajstić information content (AvgIpc) is 2.78. The van der Waals surface area contributed by atoms with Crippen LogP contribution < -0.4 is 5.32 Å². The van der Waals surface area contributed by atoms with Gasteiger partial charge in [0.1, 0.15) is 4.90 Å². The number of likely N-dealkylation sites (N-methyl/N-ethyl adjacent to an activating group) is 1. The van der Waals surface area contributed by atoms with Crippen molar-refractivity contribution in [2.45, 2.75) is 45.2 Å². The standard InChI is InChI=1S/C14H26N2O3S2/c1-6-19-8-7-16(5)21(17,18)14-12(4)10-20-13(14)9-15-11(2)3/h10-11,15H,6-9H2,1-5H3. The van der Waals surface area contributed by atoms with Gasteiger partial charge in [-0.3, -0.25) is 0 Å². The minimum atomic E-state index is -3.46. The monoisotopic (exact) mass is 334 g/mol. The molecule has 0 amide bonds. The van der Waals surface area contributed by atoms with Crippen LogP contribution in [0.1, 0.15) is 31.2 Å². The summed E-state index contributed by atoms with van der Waals surface area (Å²) in [7, 11) is -1.86. The maximum absolute atomic E-state index is 12.7. The van der Waals surface area contributed by atoms with E-state index in [0.29, 0.717) is 37.2 Å². The first kappa shape index (κ1) is 18.6. The Bertz CT molecular complexity index is 538. The zero-order valence-electron chi connectivity index (χ0n) is 13.5. The summed E-state index contributed by atoms with van der Waals surface area (Å²) in [6.45, 7) is 9.77.